The van der Waals surface area contributed by atoms with E-state index in [4.69, 9.17) is 11.6 Å². The van der Waals surface area contributed by atoms with Crippen LogP contribution in [0.3, 0.4) is 0 Å². The summed E-state index contributed by atoms with van der Waals surface area (Å²) < 4.78 is 1.34. The lowest BCUT2D eigenvalue weighted by molar-refractivity contribution is -0.139. The minimum Gasteiger partial charge on any atom is -0.346 e. The molecule has 1 aromatic heterocycles. The van der Waals surface area contributed by atoms with Crippen LogP contribution in [0, 0.1) is 6.92 Å². The van der Waals surface area contributed by atoms with Crippen LogP contribution in [0.1, 0.15) is 30.0 Å². The van der Waals surface area contributed by atoms with Crippen molar-refractivity contribution in [3.8, 4) is 5.69 Å². The molecule has 0 saturated carbocycles. The molecule has 1 heterocycles. The summed E-state index contributed by atoms with van der Waals surface area (Å²) >= 11 is 6.14. The second kappa shape index (κ2) is 8.45. The van der Waals surface area contributed by atoms with Crippen molar-refractivity contribution < 1.29 is 14.4 Å². The Kier molecular flexibility index (Phi) is 6.30. The number of aryl methyl sites for hydroxylation is 1. The molecule has 0 aliphatic carbocycles. The second-order valence-electron chi connectivity index (χ2n) is 5.90. The molecule has 2 aromatic rings. The highest BCUT2D eigenvalue weighted by Crippen LogP contribution is 2.19. The number of aromatic nitrogens is 2. The summed E-state index contributed by atoms with van der Waals surface area (Å²) in [5.74, 6) is -2.96. The predicted molar refractivity (Wildman–Crippen MR) is 98.5 cm³/mol. The maximum absolute atomic E-state index is 12.2. The first kappa shape index (κ1) is 20.1. The molecule has 0 atom stereocenters. The van der Waals surface area contributed by atoms with Crippen LogP contribution in [-0.4, -0.2) is 33.5 Å². The molecule has 27 heavy (non-hydrogen) atoms. The van der Waals surface area contributed by atoms with Crippen molar-refractivity contribution in [1.82, 2.24) is 25.9 Å². The molecular formula is C17H18ClN5O4. The van der Waals surface area contributed by atoms with Crippen LogP contribution in [0.2, 0.25) is 5.02 Å². The summed E-state index contributed by atoms with van der Waals surface area (Å²) in [4.78, 5) is 47.5. The molecule has 3 amide bonds. The fourth-order valence-electron chi connectivity index (χ4n) is 2.13. The van der Waals surface area contributed by atoms with Crippen LogP contribution < -0.4 is 21.6 Å². The minimum absolute atomic E-state index is 0.249. The van der Waals surface area contributed by atoms with Gasteiger partial charge < -0.3 is 5.32 Å². The lowest BCUT2D eigenvalue weighted by Crippen LogP contribution is -2.50. The van der Waals surface area contributed by atoms with Gasteiger partial charge in [0.1, 0.15) is 0 Å². The van der Waals surface area contributed by atoms with Gasteiger partial charge >= 0.3 is 11.8 Å². The Bertz CT molecular complexity index is 955. The molecule has 1 aromatic carbocycles. The zero-order valence-corrected chi connectivity index (χ0v) is 15.6. The van der Waals surface area contributed by atoms with Crippen LogP contribution in [0.4, 0.5) is 0 Å². The van der Waals surface area contributed by atoms with E-state index in [1.165, 1.54) is 10.7 Å². The number of para-hydroxylation sites is 1. The summed E-state index contributed by atoms with van der Waals surface area (Å²) in [6, 6.07) is 7.75. The van der Waals surface area contributed by atoms with Crippen molar-refractivity contribution in [3.63, 3.8) is 0 Å². The Morgan fingerprint density at radius 3 is 2.41 bits per heavy atom. The fourth-order valence-corrected chi connectivity index (χ4v) is 2.35. The van der Waals surface area contributed by atoms with Gasteiger partial charge in [0.05, 0.1) is 10.7 Å². The summed E-state index contributed by atoms with van der Waals surface area (Å²) in [6.07, 6.45) is 0. The first-order valence-electron chi connectivity index (χ1n) is 7.97. The fraction of sp³-hybridized carbons (Fsp3) is 0.235. The number of benzene rings is 1. The quantitative estimate of drug-likeness (QED) is 0.519. The van der Waals surface area contributed by atoms with Crippen LogP contribution >= 0.6 is 11.6 Å². The summed E-state index contributed by atoms with van der Waals surface area (Å²) in [7, 11) is 0. The summed E-state index contributed by atoms with van der Waals surface area (Å²) in [6.45, 7) is 4.99. The molecule has 9 nitrogen and oxygen atoms in total. The first-order valence-corrected chi connectivity index (χ1v) is 8.35. The largest absolute Gasteiger partial charge is 0.346 e. The zero-order chi connectivity index (χ0) is 20.1. The number of hydrogen-bond acceptors (Lipinski definition) is 5. The van der Waals surface area contributed by atoms with Gasteiger partial charge in [-0.15, -0.1) is 0 Å². The van der Waals surface area contributed by atoms with E-state index in [-0.39, 0.29) is 6.04 Å². The predicted octanol–water partition coefficient (Wildman–Crippen LogP) is 0.480. The van der Waals surface area contributed by atoms with E-state index in [9.17, 15) is 19.2 Å². The number of nitrogens with one attached hydrogen (secondary N) is 3. The molecule has 0 unspecified atom stereocenters. The lowest BCUT2D eigenvalue weighted by Gasteiger charge is -2.13. The van der Waals surface area contributed by atoms with Gasteiger partial charge in [-0.25, -0.2) is 4.68 Å². The third-order valence-electron chi connectivity index (χ3n) is 3.32. The number of amides is 3. The number of carbonyl (C=O) groups is 3. The van der Waals surface area contributed by atoms with Crippen molar-refractivity contribution in [2.45, 2.75) is 26.8 Å². The Morgan fingerprint density at radius 2 is 1.78 bits per heavy atom. The molecule has 0 saturated heterocycles. The molecule has 0 aliphatic rings. The molecule has 142 valence electrons. The standard InChI is InChI=1S/C17H18ClN5O4/c1-9(2)19-16(26)17(27)21-20-15(25)14-13(24)8-10(3)23(22-14)12-7-5-4-6-11(12)18/h4-9H,1-3H3,(H,19,26)(H,20,25)(H,21,27). The smallest absolute Gasteiger partial charge is 0.327 e. The van der Waals surface area contributed by atoms with E-state index >= 15 is 0 Å². The normalized spacial score (nSPS) is 10.4. The van der Waals surface area contributed by atoms with Gasteiger partial charge in [0.15, 0.2) is 5.69 Å². The van der Waals surface area contributed by atoms with Gasteiger partial charge in [0.25, 0.3) is 5.91 Å². The van der Waals surface area contributed by atoms with E-state index in [2.05, 4.69) is 10.4 Å². The Hall–Kier alpha value is -3.20. The molecule has 3 N–H and O–H groups in total. The SMILES string of the molecule is Cc1cc(=O)c(C(=O)NNC(=O)C(=O)NC(C)C)nn1-c1ccccc1Cl. The van der Waals surface area contributed by atoms with Gasteiger partial charge in [0.2, 0.25) is 5.43 Å². The maximum Gasteiger partial charge on any atom is 0.327 e. The van der Waals surface area contributed by atoms with Crippen molar-refractivity contribution >= 4 is 29.3 Å². The molecule has 2 rings (SSSR count). The highest BCUT2D eigenvalue weighted by Gasteiger charge is 2.19. The molecular weight excluding hydrogens is 374 g/mol. The molecule has 10 heteroatoms. The molecule has 0 fully saturated rings. The molecule has 0 bridgehead atoms. The average Bonchev–Trinajstić information content (AvgIpc) is 2.59. The van der Waals surface area contributed by atoms with Gasteiger partial charge in [-0.2, -0.15) is 5.10 Å². The average molecular weight is 392 g/mol. The van der Waals surface area contributed by atoms with E-state index in [1.54, 1.807) is 45.0 Å². The summed E-state index contributed by atoms with van der Waals surface area (Å²) in [5.41, 5.74) is 3.76. The van der Waals surface area contributed by atoms with Crippen LogP contribution in [0.15, 0.2) is 35.1 Å². The number of carbonyl (C=O) groups excluding carboxylic acids is 3. The van der Waals surface area contributed by atoms with E-state index < -0.39 is 28.8 Å². The number of nitrogens with zero attached hydrogens (tertiary/aromatic N) is 2. The highest BCUT2D eigenvalue weighted by molar-refractivity contribution is 6.35. The lowest BCUT2D eigenvalue weighted by atomic mass is 10.2. The number of hydrogen-bond donors (Lipinski definition) is 3. The molecule has 0 spiro atoms. The second-order valence-corrected chi connectivity index (χ2v) is 6.31. The molecule has 0 radical (unpaired) electrons. The van der Waals surface area contributed by atoms with Gasteiger partial charge in [-0.3, -0.25) is 30.0 Å². The first-order chi connectivity index (χ1) is 12.7. The third kappa shape index (κ3) is 4.91. The van der Waals surface area contributed by atoms with Crippen molar-refractivity contribution in [1.29, 1.82) is 0 Å². The highest BCUT2D eigenvalue weighted by atomic mass is 35.5. The van der Waals surface area contributed by atoms with E-state index in [1.807, 2.05) is 10.9 Å². The van der Waals surface area contributed by atoms with E-state index in [0.717, 1.165) is 0 Å². The Labute approximate surface area is 159 Å². The Morgan fingerprint density at radius 1 is 1.11 bits per heavy atom. The zero-order valence-electron chi connectivity index (χ0n) is 14.9. The number of halogens is 1. The van der Waals surface area contributed by atoms with Gasteiger partial charge in [0, 0.05) is 17.8 Å². The topological polar surface area (TPSA) is 122 Å². The van der Waals surface area contributed by atoms with Crippen LogP contribution in [0.25, 0.3) is 5.69 Å². The Balaban J connectivity index is 2.23. The maximum atomic E-state index is 12.2. The van der Waals surface area contributed by atoms with Crippen molar-refractivity contribution in [3.05, 3.63) is 57.0 Å². The minimum atomic E-state index is -1.07. The molecule has 0 aliphatic heterocycles. The number of rotatable bonds is 3. The summed E-state index contributed by atoms with van der Waals surface area (Å²) in [5, 5.41) is 6.77. The van der Waals surface area contributed by atoms with E-state index in [0.29, 0.717) is 16.4 Å². The van der Waals surface area contributed by atoms with Crippen LogP contribution in [-0.2, 0) is 9.59 Å². The third-order valence-corrected chi connectivity index (χ3v) is 3.64. The van der Waals surface area contributed by atoms with Gasteiger partial charge in [-0.05, 0) is 32.9 Å². The number of hydrazine groups is 1. The monoisotopic (exact) mass is 391 g/mol. The van der Waals surface area contributed by atoms with Crippen LogP contribution in [0.5, 0.6) is 0 Å². The van der Waals surface area contributed by atoms with Crippen molar-refractivity contribution in [2.75, 3.05) is 0 Å². The van der Waals surface area contributed by atoms with Crippen molar-refractivity contribution in [2.24, 2.45) is 0 Å². The van der Waals surface area contributed by atoms with Gasteiger partial charge in [-0.1, -0.05) is 23.7 Å².